The van der Waals surface area contributed by atoms with Gasteiger partial charge in [0.25, 0.3) is 10.0 Å². The molecule has 1 fully saturated rings. The highest BCUT2D eigenvalue weighted by atomic mass is 32.2. The molecule has 1 aliphatic heterocycles. The van der Waals surface area contributed by atoms with Crippen LogP contribution in [-0.4, -0.2) is 39.7 Å². The zero-order chi connectivity index (χ0) is 13.2. The SMILES string of the molecule is Nc1cc(S(=O)(=O)NN2CCOCC2)ccc1F. The maximum Gasteiger partial charge on any atom is 0.253 e. The van der Waals surface area contributed by atoms with E-state index in [-0.39, 0.29) is 10.6 Å². The van der Waals surface area contributed by atoms with Crippen LogP contribution < -0.4 is 10.6 Å². The minimum atomic E-state index is -3.73. The molecule has 6 nitrogen and oxygen atoms in total. The van der Waals surface area contributed by atoms with E-state index < -0.39 is 15.8 Å². The number of benzene rings is 1. The van der Waals surface area contributed by atoms with E-state index in [1.165, 1.54) is 6.07 Å². The molecule has 1 heterocycles. The number of hydrogen-bond donors (Lipinski definition) is 2. The van der Waals surface area contributed by atoms with E-state index in [2.05, 4.69) is 4.83 Å². The molecule has 0 aromatic heterocycles. The van der Waals surface area contributed by atoms with E-state index >= 15 is 0 Å². The van der Waals surface area contributed by atoms with Crippen molar-refractivity contribution in [1.29, 1.82) is 0 Å². The van der Waals surface area contributed by atoms with Crippen LogP contribution in [-0.2, 0) is 14.8 Å². The molecule has 100 valence electrons. The minimum absolute atomic E-state index is 0.0621. The number of nitrogens with one attached hydrogen (secondary N) is 1. The van der Waals surface area contributed by atoms with Crippen LogP contribution in [0.1, 0.15) is 0 Å². The van der Waals surface area contributed by atoms with Crippen LogP contribution in [0.3, 0.4) is 0 Å². The Morgan fingerprint density at radius 1 is 1.33 bits per heavy atom. The molecule has 1 aliphatic rings. The normalized spacial score (nSPS) is 17.8. The van der Waals surface area contributed by atoms with Gasteiger partial charge in [-0.05, 0) is 18.2 Å². The van der Waals surface area contributed by atoms with E-state index in [0.717, 1.165) is 12.1 Å². The number of morpholine rings is 1. The van der Waals surface area contributed by atoms with Crippen molar-refractivity contribution in [3.8, 4) is 0 Å². The molecule has 2 rings (SSSR count). The molecule has 3 N–H and O–H groups in total. The first-order chi connectivity index (χ1) is 8.49. The molecule has 8 heteroatoms. The van der Waals surface area contributed by atoms with Crippen LogP contribution >= 0.6 is 0 Å². The molecular formula is C10H14FN3O3S. The summed E-state index contributed by atoms with van der Waals surface area (Å²) in [5, 5.41) is 1.54. The van der Waals surface area contributed by atoms with E-state index in [9.17, 15) is 12.8 Å². The van der Waals surface area contributed by atoms with E-state index in [4.69, 9.17) is 10.5 Å². The molecule has 18 heavy (non-hydrogen) atoms. The Hall–Kier alpha value is -1.22. The predicted molar refractivity (Wildman–Crippen MR) is 63.5 cm³/mol. The summed E-state index contributed by atoms with van der Waals surface area (Å²) in [5.41, 5.74) is 5.16. The standard InChI is InChI=1S/C10H14FN3O3S/c11-9-2-1-8(7-10(9)12)18(15,16)13-14-3-5-17-6-4-14/h1-2,7,13H,3-6,12H2. The summed E-state index contributed by atoms with van der Waals surface area (Å²) in [6, 6.07) is 3.30. The number of nitrogens with zero attached hydrogens (tertiary/aromatic N) is 1. The van der Waals surface area contributed by atoms with Gasteiger partial charge in [0.15, 0.2) is 0 Å². The monoisotopic (exact) mass is 275 g/mol. The lowest BCUT2D eigenvalue weighted by molar-refractivity contribution is 0.0272. The molecule has 1 aromatic carbocycles. The summed E-state index contributed by atoms with van der Waals surface area (Å²) >= 11 is 0. The predicted octanol–water partition coefficient (Wildman–Crippen LogP) is -0.0666. The first kappa shape index (κ1) is 13.2. The number of sulfonamides is 1. The van der Waals surface area contributed by atoms with Crippen molar-refractivity contribution in [2.75, 3.05) is 32.0 Å². The number of hydrogen-bond acceptors (Lipinski definition) is 5. The third-order valence-electron chi connectivity index (χ3n) is 2.54. The van der Waals surface area contributed by atoms with Crippen LogP contribution in [0.25, 0.3) is 0 Å². The number of hydrazine groups is 1. The largest absolute Gasteiger partial charge is 0.396 e. The second-order valence-corrected chi connectivity index (χ2v) is 5.54. The first-order valence-electron chi connectivity index (χ1n) is 5.39. The highest BCUT2D eigenvalue weighted by molar-refractivity contribution is 7.89. The van der Waals surface area contributed by atoms with Crippen LogP contribution in [0.15, 0.2) is 23.1 Å². The van der Waals surface area contributed by atoms with E-state index in [1.807, 2.05) is 0 Å². The minimum Gasteiger partial charge on any atom is -0.396 e. The van der Waals surface area contributed by atoms with Crippen LogP contribution in [0.2, 0.25) is 0 Å². The Bertz CT molecular complexity index is 529. The van der Waals surface area contributed by atoms with Crippen molar-refractivity contribution in [1.82, 2.24) is 9.84 Å². The molecule has 0 bridgehead atoms. The zero-order valence-corrected chi connectivity index (χ0v) is 10.4. The molecule has 0 unspecified atom stereocenters. The summed E-state index contributed by atoms with van der Waals surface area (Å²) < 4.78 is 42.1. The van der Waals surface area contributed by atoms with Crippen LogP contribution in [0, 0.1) is 5.82 Å². The number of anilines is 1. The number of rotatable bonds is 3. The van der Waals surface area contributed by atoms with Gasteiger partial charge >= 0.3 is 0 Å². The fourth-order valence-corrected chi connectivity index (χ4v) is 2.72. The highest BCUT2D eigenvalue weighted by Gasteiger charge is 2.20. The first-order valence-corrected chi connectivity index (χ1v) is 6.87. The Kier molecular flexibility index (Phi) is 3.81. The molecule has 0 amide bonds. The van der Waals surface area contributed by atoms with Crippen molar-refractivity contribution in [3.05, 3.63) is 24.0 Å². The zero-order valence-electron chi connectivity index (χ0n) is 9.60. The van der Waals surface area contributed by atoms with Gasteiger partial charge in [-0.3, -0.25) is 0 Å². The number of nitrogens with two attached hydrogens (primary N) is 1. The van der Waals surface area contributed by atoms with Gasteiger partial charge in [-0.2, -0.15) is 0 Å². The lowest BCUT2D eigenvalue weighted by Crippen LogP contribution is -2.48. The van der Waals surface area contributed by atoms with Gasteiger partial charge in [0.2, 0.25) is 0 Å². The quantitative estimate of drug-likeness (QED) is 0.755. The molecule has 1 saturated heterocycles. The molecule has 1 aromatic rings. The summed E-state index contributed by atoms with van der Waals surface area (Å²) in [7, 11) is -3.73. The molecule has 0 aliphatic carbocycles. The fraction of sp³-hybridized carbons (Fsp3) is 0.400. The smallest absolute Gasteiger partial charge is 0.253 e. The Balaban J connectivity index is 2.16. The fourth-order valence-electron chi connectivity index (χ4n) is 1.57. The molecule has 0 radical (unpaired) electrons. The van der Waals surface area contributed by atoms with Crippen molar-refractivity contribution >= 4 is 15.7 Å². The van der Waals surface area contributed by atoms with Gasteiger partial charge in [0.05, 0.1) is 23.8 Å². The van der Waals surface area contributed by atoms with Crippen molar-refractivity contribution in [3.63, 3.8) is 0 Å². The number of halogens is 1. The highest BCUT2D eigenvalue weighted by Crippen LogP contribution is 2.16. The maximum atomic E-state index is 13.0. The lowest BCUT2D eigenvalue weighted by Gasteiger charge is -2.26. The summed E-state index contributed by atoms with van der Waals surface area (Å²) in [5.74, 6) is -0.639. The third kappa shape index (κ3) is 2.96. The molecule has 0 atom stereocenters. The number of ether oxygens (including phenoxy) is 1. The summed E-state index contributed by atoms with van der Waals surface area (Å²) in [6.07, 6.45) is 0. The summed E-state index contributed by atoms with van der Waals surface area (Å²) in [4.78, 5) is 2.34. The van der Waals surface area contributed by atoms with Gasteiger partial charge in [-0.15, -0.1) is 4.83 Å². The summed E-state index contributed by atoms with van der Waals surface area (Å²) in [6.45, 7) is 1.87. The van der Waals surface area contributed by atoms with Gasteiger partial charge in [-0.25, -0.2) is 17.8 Å². The van der Waals surface area contributed by atoms with Crippen LogP contribution in [0.5, 0.6) is 0 Å². The van der Waals surface area contributed by atoms with Crippen molar-refractivity contribution < 1.29 is 17.5 Å². The molecular weight excluding hydrogens is 261 g/mol. The second-order valence-electron chi connectivity index (χ2n) is 3.88. The van der Waals surface area contributed by atoms with Gasteiger partial charge in [0.1, 0.15) is 5.82 Å². The molecule has 0 saturated carbocycles. The molecule has 0 spiro atoms. The number of nitrogen functional groups attached to an aromatic ring is 1. The lowest BCUT2D eigenvalue weighted by atomic mass is 10.3. The van der Waals surface area contributed by atoms with Crippen molar-refractivity contribution in [2.24, 2.45) is 0 Å². The van der Waals surface area contributed by atoms with E-state index in [0.29, 0.717) is 26.3 Å². The van der Waals surface area contributed by atoms with Gasteiger partial charge < -0.3 is 10.5 Å². The Morgan fingerprint density at radius 2 is 2.00 bits per heavy atom. The van der Waals surface area contributed by atoms with Crippen LogP contribution in [0.4, 0.5) is 10.1 Å². The average molecular weight is 275 g/mol. The topological polar surface area (TPSA) is 84.7 Å². The van der Waals surface area contributed by atoms with Gasteiger partial charge in [0, 0.05) is 13.1 Å². The third-order valence-corrected chi connectivity index (χ3v) is 3.91. The van der Waals surface area contributed by atoms with Gasteiger partial charge in [-0.1, -0.05) is 0 Å². The average Bonchev–Trinajstić information content (AvgIpc) is 2.33. The van der Waals surface area contributed by atoms with Crippen molar-refractivity contribution in [2.45, 2.75) is 4.90 Å². The Morgan fingerprint density at radius 3 is 2.61 bits per heavy atom. The van der Waals surface area contributed by atoms with E-state index in [1.54, 1.807) is 5.01 Å². The maximum absolute atomic E-state index is 13.0. The second kappa shape index (κ2) is 5.19. The Labute approximate surface area is 105 Å².